The Hall–Kier alpha value is -0.710. The average molecular weight is 247 g/mol. The Balaban J connectivity index is 3.74. The summed E-state index contributed by atoms with van der Waals surface area (Å²) in [6, 6.07) is 0. The molecular formula is C11H21NO3S. The van der Waals surface area contributed by atoms with Gasteiger partial charge >= 0.3 is 5.97 Å². The highest BCUT2D eigenvalue weighted by atomic mass is 32.2. The largest absolute Gasteiger partial charge is 0.481 e. The van der Waals surface area contributed by atoms with Crippen molar-refractivity contribution < 1.29 is 14.7 Å². The van der Waals surface area contributed by atoms with Gasteiger partial charge in [0.25, 0.3) is 0 Å². The lowest BCUT2D eigenvalue weighted by Gasteiger charge is -2.13. The van der Waals surface area contributed by atoms with Crippen molar-refractivity contribution in [1.29, 1.82) is 0 Å². The Bertz CT molecular complexity index is 233. The molecule has 0 aromatic heterocycles. The molecule has 0 aliphatic heterocycles. The van der Waals surface area contributed by atoms with Gasteiger partial charge in [0, 0.05) is 12.3 Å². The van der Waals surface area contributed by atoms with E-state index in [2.05, 4.69) is 12.2 Å². The molecule has 0 bridgehead atoms. The molecule has 0 aliphatic rings. The Morgan fingerprint density at radius 2 is 2.00 bits per heavy atom. The molecule has 2 unspecified atom stereocenters. The first-order chi connectivity index (χ1) is 7.49. The molecule has 0 aliphatic carbocycles. The summed E-state index contributed by atoms with van der Waals surface area (Å²) in [5.74, 6) is -0.754. The Morgan fingerprint density at radius 1 is 1.38 bits per heavy atom. The number of hydrogen-bond donors (Lipinski definition) is 2. The summed E-state index contributed by atoms with van der Waals surface area (Å²) in [6.07, 6.45) is 2.03. The van der Waals surface area contributed by atoms with Gasteiger partial charge in [-0.25, -0.2) is 0 Å². The number of carboxylic acids is 1. The summed E-state index contributed by atoms with van der Waals surface area (Å²) in [4.78, 5) is 22.1. The highest BCUT2D eigenvalue weighted by Gasteiger charge is 2.17. The van der Waals surface area contributed by atoms with Crippen molar-refractivity contribution in [3.05, 3.63) is 0 Å². The minimum Gasteiger partial charge on any atom is -0.481 e. The van der Waals surface area contributed by atoms with E-state index in [-0.39, 0.29) is 11.2 Å². The van der Waals surface area contributed by atoms with Crippen LogP contribution in [0.3, 0.4) is 0 Å². The molecule has 1 amide bonds. The Kier molecular flexibility index (Phi) is 8.07. The zero-order valence-electron chi connectivity index (χ0n) is 10.2. The van der Waals surface area contributed by atoms with Crippen LogP contribution in [0, 0.1) is 5.92 Å². The number of nitrogens with one attached hydrogen (secondary N) is 1. The van der Waals surface area contributed by atoms with Crippen LogP contribution in [0.5, 0.6) is 0 Å². The summed E-state index contributed by atoms with van der Waals surface area (Å²) in [5, 5.41) is 11.3. The molecule has 5 heteroatoms. The molecule has 0 rings (SSSR count). The third kappa shape index (κ3) is 6.71. The number of hydrogen-bond acceptors (Lipinski definition) is 3. The second-order valence-corrected chi connectivity index (χ2v) is 5.23. The van der Waals surface area contributed by atoms with Gasteiger partial charge in [0.05, 0.1) is 11.2 Å². The SMILES string of the molecule is CCCCNC(=O)C(C)SCC(C)C(=O)O. The van der Waals surface area contributed by atoms with E-state index in [0.717, 1.165) is 12.8 Å². The van der Waals surface area contributed by atoms with Gasteiger partial charge in [-0.3, -0.25) is 9.59 Å². The lowest BCUT2D eigenvalue weighted by atomic mass is 10.2. The highest BCUT2D eigenvalue weighted by Crippen LogP contribution is 2.15. The summed E-state index contributed by atoms with van der Waals surface area (Å²) >= 11 is 1.39. The minimum absolute atomic E-state index is 0.00367. The zero-order chi connectivity index (χ0) is 12.6. The predicted octanol–water partition coefficient (Wildman–Crippen LogP) is 1.75. The van der Waals surface area contributed by atoms with Crippen LogP contribution in [-0.2, 0) is 9.59 Å². The van der Waals surface area contributed by atoms with E-state index in [0.29, 0.717) is 12.3 Å². The fourth-order valence-corrected chi connectivity index (χ4v) is 1.92. The molecule has 16 heavy (non-hydrogen) atoms. The Morgan fingerprint density at radius 3 is 2.50 bits per heavy atom. The van der Waals surface area contributed by atoms with Crippen LogP contribution in [0.2, 0.25) is 0 Å². The normalized spacial score (nSPS) is 14.2. The number of carboxylic acid groups (broad SMARTS) is 1. The van der Waals surface area contributed by atoms with Gasteiger partial charge in [-0.2, -0.15) is 0 Å². The van der Waals surface area contributed by atoms with Gasteiger partial charge in [-0.05, 0) is 13.3 Å². The van der Waals surface area contributed by atoms with Crippen LogP contribution >= 0.6 is 11.8 Å². The van der Waals surface area contributed by atoms with Gasteiger partial charge in [0.2, 0.25) is 5.91 Å². The molecule has 2 N–H and O–H groups in total. The van der Waals surface area contributed by atoms with E-state index in [4.69, 9.17) is 5.11 Å². The molecule has 2 atom stereocenters. The van der Waals surface area contributed by atoms with Crippen LogP contribution in [-0.4, -0.2) is 34.5 Å². The van der Waals surface area contributed by atoms with E-state index in [1.54, 1.807) is 13.8 Å². The van der Waals surface area contributed by atoms with E-state index in [1.807, 2.05) is 0 Å². The first-order valence-corrected chi connectivity index (χ1v) is 6.66. The van der Waals surface area contributed by atoms with Crippen molar-refractivity contribution in [3.63, 3.8) is 0 Å². The molecule has 0 heterocycles. The van der Waals surface area contributed by atoms with Crippen LogP contribution in [0.1, 0.15) is 33.6 Å². The average Bonchev–Trinajstić information content (AvgIpc) is 2.25. The number of rotatable bonds is 8. The molecule has 0 saturated carbocycles. The maximum absolute atomic E-state index is 11.5. The second kappa shape index (κ2) is 8.44. The Labute approximate surface area is 101 Å². The van der Waals surface area contributed by atoms with E-state index >= 15 is 0 Å². The quantitative estimate of drug-likeness (QED) is 0.641. The topological polar surface area (TPSA) is 66.4 Å². The summed E-state index contributed by atoms with van der Waals surface area (Å²) in [5.41, 5.74) is 0. The van der Waals surface area contributed by atoms with Crippen LogP contribution in [0.4, 0.5) is 0 Å². The van der Waals surface area contributed by atoms with Gasteiger partial charge in [0.15, 0.2) is 0 Å². The van der Waals surface area contributed by atoms with E-state index in [9.17, 15) is 9.59 Å². The molecular weight excluding hydrogens is 226 g/mol. The number of unbranched alkanes of at least 4 members (excludes halogenated alkanes) is 1. The smallest absolute Gasteiger partial charge is 0.307 e. The fraction of sp³-hybridized carbons (Fsp3) is 0.818. The monoisotopic (exact) mass is 247 g/mol. The molecule has 0 fully saturated rings. The zero-order valence-corrected chi connectivity index (χ0v) is 11.0. The molecule has 94 valence electrons. The van der Waals surface area contributed by atoms with E-state index < -0.39 is 11.9 Å². The van der Waals surface area contributed by atoms with Crippen LogP contribution < -0.4 is 5.32 Å². The molecule has 0 aromatic carbocycles. The van der Waals surface area contributed by atoms with Crippen LogP contribution in [0.15, 0.2) is 0 Å². The summed E-state index contributed by atoms with van der Waals surface area (Å²) in [6.45, 7) is 6.23. The third-order valence-corrected chi connectivity index (χ3v) is 3.62. The van der Waals surface area contributed by atoms with Gasteiger partial charge in [0.1, 0.15) is 0 Å². The highest BCUT2D eigenvalue weighted by molar-refractivity contribution is 8.00. The summed E-state index contributed by atoms with van der Waals surface area (Å²) in [7, 11) is 0. The third-order valence-electron chi connectivity index (χ3n) is 2.22. The fourth-order valence-electron chi connectivity index (χ4n) is 0.968. The lowest BCUT2D eigenvalue weighted by Crippen LogP contribution is -2.32. The van der Waals surface area contributed by atoms with Crippen molar-refractivity contribution in [2.45, 2.75) is 38.9 Å². The minimum atomic E-state index is -0.814. The molecule has 4 nitrogen and oxygen atoms in total. The van der Waals surface area contributed by atoms with Crippen LogP contribution in [0.25, 0.3) is 0 Å². The van der Waals surface area contributed by atoms with Crippen molar-refractivity contribution in [2.24, 2.45) is 5.92 Å². The maximum Gasteiger partial charge on any atom is 0.307 e. The number of carbonyl (C=O) groups excluding carboxylic acids is 1. The molecule has 0 spiro atoms. The van der Waals surface area contributed by atoms with Gasteiger partial charge in [-0.1, -0.05) is 20.3 Å². The maximum atomic E-state index is 11.5. The van der Waals surface area contributed by atoms with Gasteiger partial charge < -0.3 is 10.4 Å². The molecule has 0 radical (unpaired) electrons. The molecule has 0 saturated heterocycles. The predicted molar refractivity (Wildman–Crippen MR) is 66.6 cm³/mol. The van der Waals surface area contributed by atoms with E-state index in [1.165, 1.54) is 11.8 Å². The number of carbonyl (C=O) groups is 2. The number of thioether (sulfide) groups is 1. The number of amides is 1. The van der Waals surface area contributed by atoms with Crippen molar-refractivity contribution in [3.8, 4) is 0 Å². The standard InChI is InChI=1S/C11H21NO3S/c1-4-5-6-12-10(13)9(3)16-7-8(2)11(14)15/h8-9H,4-7H2,1-3H3,(H,12,13)(H,14,15). The van der Waals surface area contributed by atoms with Crippen molar-refractivity contribution in [1.82, 2.24) is 5.32 Å². The molecule has 0 aromatic rings. The second-order valence-electron chi connectivity index (χ2n) is 3.86. The summed E-state index contributed by atoms with van der Waals surface area (Å²) < 4.78 is 0. The number of aliphatic carboxylic acids is 1. The van der Waals surface area contributed by atoms with Crippen molar-refractivity contribution in [2.75, 3.05) is 12.3 Å². The van der Waals surface area contributed by atoms with Crippen molar-refractivity contribution >= 4 is 23.6 Å². The first kappa shape index (κ1) is 15.3. The lowest BCUT2D eigenvalue weighted by molar-refractivity contribution is -0.140. The first-order valence-electron chi connectivity index (χ1n) is 5.61. The van der Waals surface area contributed by atoms with Gasteiger partial charge in [-0.15, -0.1) is 11.8 Å².